The first-order valence-electron chi connectivity index (χ1n) is 5.98. The maximum atomic E-state index is 12.2. The lowest BCUT2D eigenvalue weighted by molar-refractivity contribution is -0.255. The molecule has 1 heterocycles. The Morgan fingerprint density at radius 2 is 1.95 bits per heavy atom. The Kier molecular flexibility index (Phi) is 4.48. The molecule has 0 saturated carbocycles. The van der Waals surface area contributed by atoms with Crippen molar-refractivity contribution in [3.63, 3.8) is 0 Å². The van der Waals surface area contributed by atoms with Crippen molar-refractivity contribution in [3.05, 3.63) is 46.2 Å². The number of carbonyl (C=O) groups is 2. The molecule has 2 N–H and O–H groups in total. The molecule has 0 saturated heterocycles. The van der Waals surface area contributed by atoms with E-state index in [4.69, 9.17) is 0 Å². The Balaban J connectivity index is 2.28. The van der Waals surface area contributed by atoms with E-state index in [9.17, 15) is 23.1 Å². The van der Waals surface area contributed by atoms with Gasteiger partial charge in [-0.05, 0) is 23.8 Å². The highest BCUT2D eigenvalue weighted by molar-refractivity contribution is 7.92. The summed E-state index contributed by atoms with van der Waals surface area (Å²) in [4.78, 5) is 22.4. The van der Waals surface area contributed by atoms with Gasteiger partial charge in [-0.3, -0.25) is 9.52 Å². The SMILES string of the molecule is CNC(=O)c1cc(S(=O)(=O)Nc2cccc(C(=O)[O-])c2)cs1. The second kappa shape index (κ2) is 6.16. The summed E-state index contributed by atoms with van der Waals surface area (Å²) in [5.74, 6) is -1.79. The number of anilines is 1. The van der Waals surface area contributed by atoms with E-state index >= 15 is 0 Å². The van der Waals surface area contributed by atoms with Crippen LogP contribution in [0.5, 0.6) is 0 Å². The number of carbonyl (C=O) groups excluding carboxylic acids is 2. The molecule has 0 radical (unpaired) electrons. The summed E-state index contributed by atoms with van der Waals surface area (Å²) in [5, 5.41) is 14.5. The van der Waals surface area contributed by atoms with Gasteiger partial charge in [0, 0.05) is 18.1 Å². The number of amides is 1. The molecule has 0 aliphatic carbocycles. The normalized spacial score (nSPS) is 11.0. The number of benzene rings is 1. The lowest BCUT2D eigenvalue weighted by Gasteiger charge is -2.08. The largest absolute Gasteiger partial charge is 0.545 e. The lowest BCUT2D eigenvalue weighted by atomic mass is 10.2. The summed E-state index contributed by atoms with van der Waals surface area (Å²) in [6.07, 6.45) is 0. The van der Waals surface area contributed by atoms with Crippen molar-refractivity contribution in [1.29, 1.82) is 0 Å². The van der Waals surface area contributed by atoms with Crippen molar-refractivity contribution in [1.82, 2.24) is 5.32 Å². The van der Waals surface area contributed by atoms with Crippen LogP contribution in [0.1, 0.15) is 20.0 Å². The van der Waals surface area contributed by atoms with Crippen LogP contribution in [0.15, 0.2) is 40.6 Å². The van der Waals surface area contributed by atoms with Crippen molar-refractivity contribution in [2.45, 2.75) is 4.90 Å². The maximum Gasteiger partial charge on any atom is 0.262 e. The number of aromatic carboxylic acids is 1. The molecule has 1 amide bonds. The average Bonchev–Trinajstić information content (AvgIpc) is 2.97. The summed E-state index contributed by atoms with van der Waals surface area (Å²) in [7, 11) is -2.47. The number of thiophene rings is 1. The van der Waals surface area contributed by atoms with Gasteiger partial charge in [-0.25, -0.2) is 8.42 Å². The van der Waals surface area contributed by atoms with Crippen LogP contribution in [0.25, 0.3) is 0 Å². The van der Waals surface area contributed by atoms with E-state index in [1.807, 2.05) is 0 Å². The van der Waals surface area contributed by atoms with Gasteiger partial charge in [0.1, 0.15) is 0 Å². The molecule has 0 fully saturated rings. The lowest BCUT2D eigenvalue weighted by Crippen LogP contribution is -2.22. The van der Waals surface area contributed by atoms with Crippen LogP contribution < -0.4 is 15.1 Å². The van der Waals surface area contributed by atoms with Gasteiger partial charge in [0.05, 0.1) is 15.7 Å². The van der Waals surface area contributed by atoms with E-state index in [1.165, 1.54) is 36.7 Å². The maximum absolute atomic E-state index is 12.2. The van der Waals surface area contributed by atoms with Crippen LogP contribution in [0.3, 0.4) is 0 Å². The molecule has 1 aromatic heterocycles. The van der Waals surface area contributed by atoms with Gasteiger partial charge in [-0.15, -0.1) is 11.3 Å². The third-order valence-corrected chi connectivity index (χ3v) is 5.13. The van der Waals surface area contributed by atoms with Crippen molar-refractivity contribution >= 4 is 38.9 Å². The molecule has 0 aliphatic rings. The first kappa shape index (κ1) is 16.0. The summed E-state index contributed by atoms with van der Waals surface area (Å²) in [6, 6.07) is 6.50. The molecule has 7 nitrogen and oxygen atoms in total. The molecule has 22 heavy (non-hydrogen) atoms. The summed E-state index contributed by atoms with van der Waals surface area (Å²) in [6.45, 7) is 0. The smallest absolute Gasteiger partial charge is 0.262 e. The molecule has 0 aliphatic heterocycles. The molecular weight excluding hydrogens is 328 g/mol. The number of sulfonamides is 1. The Morgan fingerprint density at radius 3 is 2.59 bits per heavy atom. The number of carboxylic acids is 1. The van der Waals surface area contributed by atoms with Gasteiger partial charge in [0.25, 0.3) is 15.9 Å². The van der Waals surface area contributed by atoms with E-state index in [2.05, 4.69) is 10.0 Å². The predicted octanol–water partition coefficient (Wildman–Crippen LogP) is 0.272. The zero-order valence-electron chi connectivity index (χ0n) is 11.3. The Hall–Kier alpha value is -2.39. The minimum absolute atomic E-state index is 0.0741. The quantitative estimate of drug-likeness (QED) is 0.811. The summed E-state index contributed by atoms with van der Waals surface area (Å²) in [5.41, 5.74) is -0.0500. The topological polar surface area (TPSA) is 115 Å². The van der Waals surface area contributed by atoms with Crippen molar-refractivity contribution in [3.8, 4) is 0 Å². The molecule has 2 aromatic rings. The molecule has 0 unspecified atom stereocenters. The zero-order chi connectivity index (χ0) is 16.3. The Bertz CT molecular complexity index is 826. The van der Waals surface area contributed by atoms with E-state index < -0.39 is 16.0 Å². The standard InChI is InChI=1S/C13H12N2O5S2/c1-14-12(16)11-6-10(7-21-11)22(19,20)15-9-4-2-3-8(5-9)13(17)18/h2-7,15H,1H3,(H,14,16)(H,17,18)/p-1. The van der Waals surface area contributed by atoms with E-state index in [0.29, 0.717) is 0 Å². The third-order valence-electron chi connectivity index (χ3n) is 2.69. The van der Waals surface area contributed by atoms with Crippen molar-refractivity contribution in [2.75, 3.05) is 11.8 Å². The number of rotatable bonds is 5. The first-order valence-corrected chi connectivity index (χ1v) is 8.34. The van der Waals surface area contributed by atoms with Crippen LogP contribution >= 0.6 is 11.3 Å². The number of carboxylic acid groups (broad SMARTS) is 1. The molecule has 2 rings (SSSR count). The zero-order valence-corrected chi connectivity index (χ0v) is 13.0. The summed E-state index contributed by atoms with van der Waals surface area (Å²) >= 11 is 0.992. The molecule has 1 aromatic carbocycles. The number of hydrogen-bond acceptors (Lipinski definition) is 6. The van der Waals surface area contributed by atoms with E-state index in [1.54, 1.807) is 0 Å². The highest BCUT2D eigenvalue weighted by Crippen LogP contribution is 2.22. The van der Waals surface area contributed by atoms with Gasteiger partial charge >= 0.3 is 0 Å². The Labute approximate surface area is 130 Å². The summed E-state index contributed by atoms with van der Waals surface area (Å²) < 4.78 is 26.7. The van der Waals surface area contributed by atoms with Crippen molar-refractivity contribution in [2.24, 2.45) is 0 Å². The molecule has 0 atom stereocenters. The van der Waals surface area contributed by atoms with Gasteiger partial charge in [0.2, 0.25) is 0 Å². The fourth-order valence-corrected chi connectivity index (χ4v) is 3.89. The monoisotopic (exact) mass is 339 g/mol. The van der Waals surface area contributed by atoms with Gasteiger partial charge in [-0.1, -0.05) is 12.1 Å². The highest BCUT2D eigenvalue weighted by atomic mass is 32.2. The molecule has 116 valence electrons. The molecule has 0 spiro atoms. The second-order valence-corrected chi connectivity index (χ2v) is 6.79. The fraction of sp³-hybridized carbons (Fsp3) is 0.0769. The number of nitrogens with one attached hydrogen (secondary N) is 2. The first-order chi connectivity index (χ1) is 10.3. The van der Waals surface area contributed by atoms with Gasteiger partial charge < -0.3 is 15.2 Å². The predicted molar refractivity (Wildman–Crippen MR) is 79.3 cm³/mol. The second-order valence-electron chi connectivity index (χ2n) is 4.20. The minimum atomic E-state index is -3.91. The highest BCUT2D eigenvalue weighted by Gasteiger charge is 2.18. The van der Waals surface area contributed by atoms with Gasteiger partial charge in [0.15, 0.2) is 0 Å². The van der Waals surface area contributed by atoms with Crippen LogP contribution in [0.4, 0.5) is 5.69 Å². The average molecular weight is 339 g/mol. The van der Waals surface area contributed by atoms with Crippen LogP contribution in [0, 0.1) is 0 Å². The molecular formula is C13H11N2O5S2-. The number of hydrogen-bond donors (Lipinski definition) is 2. The van der Waals surface area contributed by atoms with Gasteiger partial charge in [-0.2, -0.15) is 0 Å². The van der Waals surface area contributed by atoms with Crippen LogP contribution in [0.2, 0.25) is 0 Å². The molecule has 9 heteroatoms. The third kappa shape index (κ3) is 3.43. The van der Waals surface area contributed by atoms with E-state index in [0.717, 1.165) is 17.4 Å². The van der Waals surface area contributed by atoms with E-state index in [-0.39, 0.29) is 26.9 Å². The molecule has 0 bridgehead atoms. The van der Waals surface area contributed by atoms with Crippen LogP contribution in [-0.4, -0.2) is 27.3 Å². The fourth-order valence-electron chi connectivity index (χ4n) is 1.63. The van der Waals surface area contributed by atoms with Crippen molar-refractivity contribution < 1.29 is 23.1 Å². The minimum Gasteiger partial charge on any atom is -0.545 e. The Morgan fingerprint density at radius 1 is 1.23 bits per heavy atom. The van der Waals surface area contributed by atoms with Crippen LogP contribution in [-0.2, 0) is 10.0 Å².